The highest BCUT2D eigenvalue weighted by atomic mass is 32.1. The number of nitrogens with one attached hydrogen (secondary N) is 2. The first-order valence-corrected chi connectivity index (χ1v) is 10.1. The normalized spacial score (nSPS) is 30.2. The Morgan fingerprint density at radius 3 is 2.23 bits per heavy atom. The lowest BCUT2D eigenvalue weighted by Crippen LogP contribution is -2.40. The molecule has 0 saturated carbocycles. The van der Waals surface area contributed by atoms with Gasteiger partial charge in [-0.25, -0.2) is 0 Å². The number of ether oxygens (including phenoxy) is 2. The minimum atomic E-state index is -4.92. The quantitative estimate of drug-likeness (QED) is 0.505. The number of thiocarbonyl (C=S) groups is 1. The standard InChI is InChI=1S/C19H21F6N3O2S/c1-17(2)29-14-8-28-7-12(6-13(28)15(14)30-17)27-16(31)26-11-4-9(18(20,21)22)3-10(5-11)19(23,24)25/h3-5,12-15H,6-8H2,1-2H3,(H2,26,27,31)/t12-,13-,14+,15-/m0/s1. The van der Waals surface area contributed by atoms with Crippen molar-refractivity contribution in [1.82, 2.24) is 10.2 Å². The molecule has 0 spiro atoms. The molecule has 4 rings (SSSR count). The van der Waals surface area contributed by atoms with Crippen molar-refractivity contribution >= 4 is 23.0 Å². The number of hydrogen-bond donors (Lipinski definition) is 2. The number of rotatable bonds is 2. The zero-order valence-electron chi connectivity index (χ0n) is 16.6. The minimum Gasteiger partial charge on any atom is -0.358 e. The molecule has 1 aromatic carbocycles. The molecule has 31 heavy (non-hydrogen) atoms. The number of halogens is 6. The summed E-state index contributed by atoms with van der Waals surface area (Å²) in [6.45, 7) is 5.01. The lowest BCUT2D eigenvalue weighted by molar-refractivity contribution is -0.159. The highest BCUT2D eigenvalue weighted by molar-refractivity contribution is 7.80. The van der Waals surface area contributed by atoms with Crippen LogP contribution in [-0.2, 0) is 21.8 Å². The van der Waals surface area contributed by atoms with Crippen molar-refractivity contribution < 1.29 is 35.8 Å². The van der Waals surface area contributed by atoms with E-state index in [0.29, 0.717) is 31.6 Å². The van der Waals surface area contributed by atoms with Crippen LogP contribution in [0.1, 0.15) is 31.4 Å². The molecule has 0 bridgehead atoms. The van der Waals surface area contributed by atoms with E-state index < -0.39 is 29.3 Å². The van der Waals surface area contributed by atoms with Crippen molar-refractivity contribution in [2.75, 3.05) is 18.4 Å². The first-order chi connectivity index (χ1) is 14.2. The van der Waals surface area contributed by atoms with E-state index in [2.05, 4.69) is 15.5 Å². The topological polar surface area (TPSA) is 45.8 Å². The Hall–Kier alpha value is -1.63. The largest absolute Gasteiger partial charge is 0.416 e. The summed E-state index contributed by atoms with van der Waals surface area (Å²) in [5, 5.41) is 5.42. The van der Waals surface area contributed by atoms with E-state index in [1.807, 2.05) is 13.8 Å². The number of anilines is 1. The predicted molar refractivity (Wildman–Crippen MR) is 103 cm³/mol. The second-order valence-electron chi connectivity index (χ2n) is 8.49. The van der Waals surface area contributed by atoms with E-state index in [1.165, 1.54) is 0 Å². The molecule has 3 heterocycles. The molecule has 3 aliphatic heterocycles. The van der Waals surface area contributed by atoms with Gasteiger partial charge >= 0.3 is 12.4 Å². The maximum Gasteiger partial charge on any atom is 0.416 e. The van der Waals surface area contributed by atoms with Gasteiger partial charge in [0.25, 0.3) is 0 Å². The fraction of sp³-hybridized carbons (Fsp3) is 0.632. The van der Waals surface area contributed by atoms with Gasteiger partial charge in [-0.3, -0.25) is 4.90 Å². The Morgan fingerprint density at radius 1 is 1.03 bits per heavy atom. The minimum absolute atomic E-state index is 0.0167. The molecule has 0 aromatic heterocycles. The maximum atomic E-state index is 13.0. The summed E-state index contributed by atoms with van der Waals surface area (Å²) in [5.74, 6) is -0.649. The zero-order chi connectivity index (χ0) is 22.8. The van der Waals surface area contributed by atoms with Crippen molar-refractivity contribution in [3.05, 3.63) is 29.3 Å². The van der Waals surface area contributed by atoms with Crippen LogP contribution in [0, 0.1) is 0 Å². The van der Waals surface area contributed by atoms with Gasteiger partial charge in [0, 0.05) is 30.9 Å². The van der Waals surface area contributed by atoms with Crippen LogP contribution in [0.3, 0.4) is 0 Å². The lowest BCUT2D eigenvalue weighted by atomic mass is 10.1. The van der Waals surface area contributed by atoms with Crippen LogP contribution < -0.4 is 10.6 Å². The van der Waals surface area contributed by atoms with Gasteiger partial charge in [-0.2, -0.15) is 26.3 Å². The number of nitrogens with zero attached hydrogens (tertiary/aromatic N) is 1. The van der Waals surface area contributed by atoms with Crippen LogP contribution in [0.2, 0.25) is 0 Å². The van der Waals surface area contributed by atoms with Crippen molar-refractivity contribution in [1.29, 1.82) is 0 Å². The fourth-order valence-corrected chi connectivity index (χ4v) is 4.82. The average Bonchev–Trinajstić information content (AvgIpc) is 3.20. The summed E-state index contributed by atoms with van der Waals surface area (Å²) in [5.41, 5.74) is -3.19. The molecule has 3 fully saturated rings. The maximum absolute atomic E-state index is 13.0. The third kappa shape index (κ3) is 4.76. The molecule has 172 valence electrons. The molecular formula is C19H21F6N3O2S. The van der Waals surface area contributed by atoms with Crippen LogP contribution in [-0.4, -0.2) is 53.2 Å². The van der Waals surface area contributed by atoms with E-state index in [0.717, 1.165) is 0 Å². The van der Waals surface area contributed by atoms with Crippen molar-refractivity contribution in [3.63, 3.8) is 0 Å². The zero-order valence-corrected chi connectivity index (χ0v) is 17.4. The van der Waals surface area contributed by atoms with Gasteiger partial charge in [0.05, 0.1) is 11.1 Å². The van der Waals surface area contributed by atoms with Gasteiger partial charge in [0.1, 0.15) is 12.2 Å². The summed E-state index contributed by atoms with van der Waals surface area (Å²) in [6, 6.07) is 1.27. The van der Waals surface area contributed by atoms with Crippen molar-refractivity contribution in [3.8, 4) is 0 Å². The van der Waals surface area contributed by atoms with E-state index in [1.54, 1.807) is 0 Å². The highest BCUT2D eigenvalue weighted by Gasteiger charge is 2.55. The number of fused-ring (bicyclic) bond motifs is 3. The van der Waals surface area contributed by atoms with E-state index in [4.69, 9.17) is 21.7 Å². The Kier molecular flexibility index (Phi) is 5.43. The Balaban J connectivity index is 1.41. The molecule has 3 saturated heterocycles. The Bertz CT molecular complexity index is 843. The van der Waals surface area contributed by atoms with E-state index in [-0.39, 0.29) is 41.2 Å². The monoisotopic (exact) mass is 469 g/mol. The second kappa shape index (κ2) is 7.46. The molecule has 0 aliphatic carbocycles. The van der Waals surface area contributed by atoms with Crippen LogP contribution in [0.25, 0.3) is 0 Å². The third-order valence-corrected chi connectivity index (χ3v) is 5.87. The number of benzene rings is 1. The second-order valence-corrected chi connectivity index (χ2v) is 8.89. The summed E-state index contributed by atoms with van der Waals surface area (Å²) < 4.78 is 90.0. The lowest BCUT2D eigenvalue weighted by Gasteiger charge is -2.23. The molecule has 12 heteroatoms. The predicted octanol–water partition coefficient (Wildman–Crippen LogP) is 3.99. The Labute approximate surface area is 180 Å². The molecule has 0 radical (unpaired) electrons. The number of hydrogen-bond acceptors (Lipinski definition) is 4. The summed E-state index contributed by atoms with van der Waals surface area (Å²) in [6.07, 6.45) is -9.27. The fourth-order valence-electron chi connectivity index (χ4n) is 4.53. The molecule has 5 nitrogen and oxygen atoms in total. The molecule has 0 unspecified atom stereocenters. The van der Waals surface area contributed by atoms with Gasteiger partial charge in [0.2, 0.25) is 0 Å². The van der Waals surface area contributed by atoms with Crippen molar-refractivity contribution in [2.45, 2.75) is 62.7 Å². The van der Waals surface area contributed by atoms with Crippen molar-refractivity contribution in [2.24, 2.45) is 0 Å². The van der Waals surface area contributed by atoms with Gasteiger partial charge < -0.3 is 20.1 Å². The third-order valence-electron chi connectivity index (χ3n) is 5.65. The first kappa shape index (κ1) is 22.6. The van der Waals surface area contributed by atoms with Gasteiger partial charge in [-0.05, 0) is 50.7 Å². The van der Waals surface area contributed by atoms with Crippen LogP contribution >= 0.6 is 12.2 Å². The number of alkyl halides is 6. The molecule has 4 atom stereocenters. The molecule has 3 aliphatic rings. The first-order valence-electron chi connectivity index (χ1n) is 9.68. The summed E-state index contributed by atoms with van der Waals surface area (Å²) in [7, 11) is 0. The summed E-state index contributed by atoms with van der Waals surface area (Å²) in [4.78, 5) is 2.19. The molecule has 0 amide bonds. The Morgan fingerprint density at radius 2 is 1.65 bits per heavy atom. The highest BCUT2D eigenvalue weighted by Crippen LogP contribution is 2.41. The smallest absolute Gasteiger partial charge is 0.358 e. The van der Waals surface area contributed by atoms with Crippen LogP contribution in [0.15, 0.2) is 18.2 Å². The molecule has 1 aromatic rings. The van der Waals surface area contributed by atoms with Crippen LogP contribution in [0.5, 0.6) is 0 Å². The van der Waals surface area contributed by atoms with Gasteiger partial charge in [0.15, 0.2) is 10.9 Å². The molecular weight excluding hydrogens is 448 g/mol. The van der Waals surface area contributed by atoms with Gasteiger partial charge in [-0.15, -0.1) is 0 Å². The van der Waals surface area contributed by atoms with Gasteiger partial charge in [-0.1, -0.05) is 0 Å². The average molecular weight is 469 g/mol. The van der Waals surface area contributed by atoms with E-state index >= 15 is 0 Å². The summed E-state index contributed by atoms with van der Waals surface area (Å²) >= 11 is 5.15. The van der Waals surface area contributed by atoms with Crippen LogP contribution in [0.4, 0.5) is 32.0 Å². The molecule has 2 N–H and O–H groups in total. The SMILES string of the molecule is CC1(C)O[C@@H]2[C@@H](CN3C[C@@H](NC(=S)Nc4cc(C(F)(F)F)cc(C(F)(F)F)c4)C[C@@H]23)O1. The van der Waals surface area contributed by atoms with E-state index in [9.17, 15) is 26.3 Å².